The van der Waals surface area contributed by atoms with Gasteiger partial charge in [0, 0.05) is 55.1 Å². The van der Waals surface area contributed by atoms with E-state index in [9.17, 15) is 4.39 Å². The Kier molecular flexibility index (Phi) is 3.98. The number of nitrogens with one attached hydrogen (secondary N) is 1. The van der Waals surface area contributed by atoms with Crippen LogP contribution in [-0.4, -0.2) is 28.5 Å². The molecule has 0 spiro atoms. The van der Waals surface area contributed by atoms with E-state index in [1.807, 2.05) is 6.20 Å². The van der Waals surface area contributed by atoms with Gasteiger partial charge in [-0.15, -0.1) is 0 Å². The molecule has 1 aliphatic rings. The number of fused-ring (bicyclic) bond motifs is 1. The van der Waals surface area contributed by atoms with Gasteiger partial charge in [0.2, 0.25) is 0 Å². The fraction of sp³-hybridized carbons (Fsp3) is 0.333. The number of aromatic nitrogens is 2. The van der Waals surface area contributed by atoms with Crippen molar-refractivity contribution >= 4 is 12.2 Å². The second-order valence-electron chi connectivity index (χ2n) is 5.11. The molecule has 1 aromatic carbocycles. The Balaban J connectivity index is 1.75. The summed E-state index contributed by atoms with van der Waals surface area (Å²) in [5, 5.41) is 0. The molecule has 1 aliphatic heterocycles. The van der Waals surface area contributed by atoms with E-state index in [-0.39, 0.29) is 5.82 Å². The summed E-state index contributed by atoms with van der Waals surface area (Å²) in [6.07, 6.45) is 2.68. The maximum absolute atomic E-state index is 14.0. The third-order valence-corrected chi connectivity index (χ3v) is 3.92. The Morgan fingerprint density at radius 1 is 1.48 bits per heavy atom. The van der Waals surface area contributed by atoms with E-state index in [0.29, 0.717) is 22.6 Å². The average Bonchev–Trinajstić information content (AvgIpc) is 2.49. The topological polar surface area (TPSA) is 41.1 Å². The number of H-pyrrole nitrogens is 1. The molecule has 21 heavy (non-hydrogen) atoms. The fourth-order valence-electron chi connectivity index (χ4n) is 2.56. The maximum atomic E-state index is 14.0. The van der Waals surface area contributed by atoms with Gasteiger partial charge >= 0.3 is 0 Å². The number of halogens is 1. The molecular weight excluding hydrogens is 289 g/mol. The van der Waals surface area contributed by atoms with Crippen molar-refractivity contribution in [1.29, 1.82) is 0 Å². The van der Waals surface area contributed by atoms with Crippen LogP contribution < -0.4 is 4.74 Å². The summed E-state index contributed by atoms with van der Waals surface area (Å²) in [4.78, 5) is 9.44. The molecule has 0 atom stereocenters. The van der Waals surface area contributed by atoms with Gasteiger partial charge in [0.05, 0.1) is 7.11 Å². The SMILES string of the molecule is COc1ccc(CN2CCc3[nH]c(=S)ncc3C2)c(F)c1. The number of hydrogen-bond donors (Lipinski definition) is 1. The summed E-state index contributed by atoms with van der Waals surface area (Å²) in [5.41, 5.74) is 2.95. The predicted molar refractivity (Wildman–Crippen MR) is 80.2 cm³/mol. The molecule has 0 bridgehead atoms. The zero-order valence-electron chi connectivity index (χ0n) is 11.7. The number of ether oxygens (including phenoxy) is 1. The molecule has 0 saturated carbocycles. The second-order valence-corrected chi connectivity index (χ2v) is 5.50. The Labute approximate surface area is 127 Å². The molecular formula is C15H16FN3OS. The van der Waals surface area contributed by atoms with Crippen LogP contribution in [0.15, 0.2) is 24.4 Å². The number of rotatable bonds is 3. The van der Waals surface area contributed by atoms with Crippen LogP contribution in [0.5, 0.6) is 5.75 Å². The molecule has 2 heterocycles. The van der Waals surface area contributed by atoms with Crippen molar-refractivity contribution in [2.45, 2.75) is 19.5 Å². The first kappa shape index (κ1) is 14.2. The molecule has 0 aliphatic carbocycles. The van der Waals surface area contributed by atoms with Crippen molar-refractivity contribution in [1.82, 2.24) is 14.9 Å². The summed E-state index contributed by atoms with van der Waals surface area (Å²) in [5.74, 6) is 0.308. The first-order valence-corrected chi connectivity index (χ1v) is 7.18. The molecule has 110 valence electrons. The monoisotopic (exact) mass is 305 g/mol. The highest BCUT2D eigenvalue weighted by atomic mass is 32.1. The minimum absolute atomic E-state index is 0.231. The van der Waals surface area contributed by atoms with Crippen molar-refractivity contribution in [2.75, 3.05) is 13.7 Å². The van der Waals surface area contributed by atoms with E-state index in [0.717, 1.165) is 30.8 Å². The van der Waals surface area contributed by atoms with E-state index in [4.69, 9.17) is 17.0 Å². The summed E-state index contributed by atoms with van der Waals surface area (Å²) in [7, 11) is 1.53. The van der Waals surface area contributed by atoms with Gasteiger partial charge in [-0.2, -0.15) is 0 Å². The minimum atomic E-state index is -0.231. The van der Waals surface area contributed by atoms with Crippen LogP contribution in [0.3, 0.4) is 0 Å². The number of methoxy groups -OCH3 is 1. The van der Waals surface area contributed by atoms with Gasteiger partial charge in [-0.3, -0.25) is 4.90 Å². The smallest absolute Gasteiger partial charge is 0.196 e. The molecule has 1 aromatic heterocycles. The van der Waals surface area contributed by atoms with Gasteiger partial charge in [0.1, 0.15) is 11.6 Å². The molecule has 0 radical (unpaired) electrons. The Morgan fingerprint density at radius 3 is 3.10 bits per heavy atom. The Morgan fingerprint density at radius 2 is 2.33 bits per heavy atom. The highest BCUT2D eigenvalue weighted by Crippen LogP contribution is 2.21. The summed E-state index contributed by atoms with van der Waals surface area (Å²) < 4.78 is 19.5. The molecule has 3 rings (SSSR count). The normalized spacial score (nSPS) is 14.8. The van der Waals surface area contributed by atoms with Crippen molar-refractivity contribution in [2.24, 2.45) is 0 Å². The van der Waals surface area contributed by atoms with Gasteiger partial charge in [0.15, 0.2) is 4.77 Å². The zero-order valence-corrected chi connectivity index (χ0v) is 12.5. The van der Waals surface area contributed by atoms with Crippen LogP contribution in [0.25, 0.3) is 0 Å². The quantitative estimate of drug-likeness (QED) is 0.885. The van der Waals surface area contributed by atoms with Crippen LogP contribution >= 0.6 is 12.2 Å². The van der Waals surface area contributed by atoms with Gasteiger partial charge in [-0.1, -0.05) is 6.07 Å². The van der Waals surface area contributed by atoms with Crippen LogP contribution in [0.4, 0.5) is 4.39 Å². The van der Waals surface area contributed by atoms with Gasteiger partial charge < -0.3 is 9.72 Å². The first-order valence-electron chi connectivity index (χ1n) is 6.77. The van der Waals surface area contributed by atoms with Crippen LogP contribution in [0.1, 0.15) is 16.8 Å². The van der Waals surface area contributed by atoms with Crippen molar-refractivity contribution < 1.29 is 9.13 Å². The summed E-state index contributed by atoms with van der Waals surface area (Å²) in [6.45, 7) is 2.19. The summed E-state index contributed by atoms with van der Waals surface area (Å²) >= 11 is 5.03. The lowest BCUT2D eigenvalue weighted by Crippen LogP contribution is -2.31. The highest BCUT2D eigenvalue weighted by molar-refractivity contribution is 7.71. The molecule has 0 amide bonds. The maximum Gasteiger partial charge on any atom is 0.196 e. The van der Waals surface area contributed by atoms with Crippen molar-refractivity contribution in [3.63, 3.8) is 0 Å². The number of hydrogen-bond acceptors (Lipinski definition) is 4. The largest absolute Gasteiger partial charge is 0.497 e. The van der Waals surface area contributed by atoms with E-state index < -0.39 is 0 Å². The Bertz CT molecular complexity index is 716. The Hall–Kier alpha value is -1.79. The molecule has 1 N–H and O–H groups in total. The molecule has 0 fully saturated rings. The number of aromatic amines is 1. The average molecular weight is 305 g/mol. The van der Waals surface area contributed by atoms with Gasteiger partial charge in [-0.05, 0) is 18.3 Å². The first-order chi connectivity index (χ1) is 10.2. The van der Waals surface area contributed by atoms with Crippen molar-refractivity contribution in [3.05, 3.63) is 51.8 Å². The lowest BCUT2D eigenvalue weighted by Gasteiger charge is -2.28. The van der Waals surface area contributed by atoms with E-state index in [1.165, 1.54) is 13.2 Å². The lowest BCUT2D eigenvalue weighted by molar-refractivity contribution is 0.239. The van der Waals surface area contributed by atoms with E-state index in [1.54, 1.807) is 12.1 Å². The van der Waals surface area contributed by atoms with Crippen LogP contribution in [0, 0.1) is 10.6 Å². The highest BCUT2D eigenvalue weighted by Gasteiger charge is 2.18. The fourth-order valence-corrected chi connectivity index (χ4v) is 2.74. The molecule has 0 unspecified atom stereocenters. The summed E-state index contributed by atoms with van der Waals surface area (Å²) in [6, 6.07) is 4.99. The standard InChI is InChI=1S/C15H16FN3OS/c1-20-12-3-2-10(13(16)6-12)8-19-5-4-14-11(9-19)7-17-15(21)18-14/h2-3,6-7H,4-5,8-9H2,1H3,(H,17,18,21). The number of benzene rings is 1. The molecule has 6 heteroatoms. The third kappa shape index (κ3) is 3.11. The van der Waals surface area contributed by atoms with Gasteiger partial charge in [-0.25, -0.2) is 9.37 Å². The number of nitrogens with zero attached hydrogens (tertiary/aromatic N) is 2. The minimum Gasteiger partial charge on any atom is -0.497 e. The van der Waals surface area contributed by atoms with Crippen molar-refractivity contribution in [3.8, 4) is 5.75 Å². The molecule has 4 nitrogen and oxygen atoms in total. The molecule has 2 aromatic rings. The second kappa shape index (κ2) is 5.91. The third-order valence-electron chi connectivity index (χ3n) is 3.71. The van der Waals surface area contributed by atoms with E-state index >= 15 is 0 Å². The lowest BCUT2D eigenvalue weighted by atomic mass is 10.1. The predicted octanol–water partition coefficient (Wildman–Crippen LogP) is 2.85. The van der Waals surface area contributed by atoms with Gasteiger partial charge in [0.25, 0.3) is 0 Å². The van der Waals surface area contributed by atoms with Crippen LogP contribution in [-0.2, 0) is 19.5 Å². The van der Waals surface area contributed by atoms with E-state index in [2.05, 4.69) is 14.9 Å². The van der Waals surface area contributed by atoms with Crippen LogP contribution in [0.2, 0.25) is 0 Å². The zero-order chi connectivity index (χ0) is 14.8. The molecule has 0 saturated heterocycles.